The molecule has 11 rings (SSSR count). The Morgan fingerprint density at radius 2 is 0.567 bits per heavy atom. The normalized spacial score (nSPS) is 46.5. The molecule has 0 bridgehead atoms. The van der Waals surface area contributed by atoms with Gasteiger partial charge in [0.1, 0.15) is 251 Å². The maximum Gasteiger partial charge on any atom is 0.364 e. The highest BCUT2D eigenvalue weighted by atomic mass is 16.8. The van der Waals surface area contributed by atoms with Crippen LogP contribution in [0.5, 0.6) is 0 Å². The lowest BCUT2D eigenvalue weighted by Gasteiger charge is -2.51. The third-order valence-electron chi connectivity index (χ3n) is 27.7. The molecule has 0 radical (unpaired) electrons. The van der Waals surface area contributed by atoms with E-state index in [2.05, 4.69) is 21.3 Å². The van der Waals surface area contributed by atoms with Gasteiger partial charge in [-0.1, -0.05) is 13.8 Å². The average molecular weight is 2200 g/mol. The van der Waals surface area contributed by atoms with Crippen molar-refractivity contribution < 1.29 is 306 Å². The van der Waals surface area contributed by atoms with Gasteiger partial charge in [0, 0.05) is 52.4 Å². The molecule has 11 saturated heterocycles. The monoisotopic (exact) mass is 2190 g/mol. The summed E-state index contributed by atoms with van der Waals surface area (Å²) >= 11 is 0. The van der Waals surface area contributed by atoms with E-state index in [1.807, 2.05) is 0 Å². The molecule has 11 aliphatic rings. The van der Waals surface area contributed by atoms with Gasteiger partial charge in [-0.15, -0.1) is 0 Å². The molecule has 11 heterocycles. The number of aliphatic carboxylic acids is 3. The second-order valence-corrected chi connectivity index (χ2v) is 38.1. The Bertz CT molecular complexity index is 4290. The molecule has 11 aliphatic heterocycles. The molecule has 150 heavy (non-hydrogen) atoms. The van der Waals surface area contributed by atoms with Crippen LogP contribution >= 0.6 is 0 Å². The zero-order valence-corrected chi connectivity index (χ0v) is 80.8. The van der Waals surface area contributed by atoms with Crippen LogP contribution in [-0.2, 0) is 138 Å². The second kappa shape index (κ2) is 53.7. The van der Waals surface area contributed by atoms with Crippen molar-refractivity contribution in [1.82, 2.24) is 21.3 Å². The molecule has 11 fully saturated rings. The number of ether oxygens (including phenoxy) is 22. The molecule has 37 N–H and O–H groups in total. The lowest BCUT2D eigenvalue weighted by Crippen LogP contribution is -2.71. The van der Waals surface area contributed by atoms with E-state index < -0.39 is 482 Å². The van der Waals surface area contributed by atoms with Crippen molar-refractivity contribution in [2.24, 2.45) is 11.8 Å². The first-order valence-electron chi connectivity index (χ1n) is 47.6. The van der Waals surface area contributed by atoms with Gasteiger partial charge in [-0.05, 0) is 0 Å². The number of aliphatic hydroxyl groups excluding tert-OH is 30. The van der Waals surface area contributed by atoms with Crippen molar-refractivity contribution in [3.05, 3.63) is 0 Å². The van der Waals surface area contributed by atoms with Crippen LogP contribution in [0.4, 0.5) is 0 Å². The number of hydrogen-bond donors (Lipinski definition) is 37. The zero-order chi connectivity index (χ0) is 111. The molecule has 0 aromatic rings. The van der Waals surface area contributed by atoms with Crippen molar-refractivity contribution >= 4 is 41.5 Å². The van der Waals surface area contributed by atoms with E-state index in [0.29, 0.717) is 0 Å². The van der Waals surface area contributed by atoms with Crippen LogP contribution in [0.1, 0.15) is 54.4 Å². The van der Waals surface area contributed by atoms with Crippen molar-refractivity contribution in [3.8, 4) is 0 Å². The maximum absolute atomic E-state index is 13.3. The summed E-state index contributed by atoms with van der Waals surface area (Å²) < 4.78 is 131. The van der Waals surface area contributed by atoms with Crippen molar-refractivity contribution in [1.29, 1.82) is 0 Å². The van der Waals surface area contributed by atoms with E-state index in [-0.39, 0.29) is 0 Å². The Hall–Kier alpha value is -5.79. The zero-order valence-electron chi connectivity index (χ0n) is 80.8. The first kappa shape index (κ1) is 124. The Morgan fingerprint density at radius 3 is 0.887 bits per heavy atom. The van der Waals surface area contributed by atoms with E-state index in [4.69, 9.17) is 104 Å². The van der Waals surface area contributed by atoms with Crippen molar-refractivity contribution in [2.75, 3.05) is 79.3 Å². The standard InChI is InChI=1S/C84H138N4O62/c1-21-27(101)7-83(81(125)126,149-63(21)45(107)29(103)9-89)131-18-38-49(111)56(118)60(122)76(140-38)143-66-34(14-94)137-74(43(54(66)116)87-25(5)99)147-70-58(120)47(109)31(11-91)133-79(70)129-17-37-51(113)69(62(124)78(139-37)145-68-36(16-96)136-73(42(53(68)115)86-24(4)98)142-65-33(13-93)135-72(130-20-40(105)106)41(52(65)114)85-23(3)97)146-80-71(59(121)48(110)32(12-92)134-80)148-75-44(88-26(6)100)55(117)67(35(15-95)138-75)144-77-61(123)57(119)50(112)39(141-77)19-132-84(82(127)128)8-28(102)22(2)64(150-84)46(108)30(104)10-90/h21-22,27-39,41-80,89-96,101-104,107-124H,7-20H2,1-6H3,(H,85,97)(H,86,98)(H,87,99)(H,88,100)(H,105,106)(H,125,126)(H,127,128)/t21?,22?,27?,28?,29-,30-,31?,32?,33?,34?,35?,36?,37?,38?,39?,41?,42?,43?,44?,45-,46-,47?,48?,49?,50?,51?,52?,53?,54?,55?,56?,57?,58?,59?,60?,61?,62?,63?,64?,65?,66?,67?,68?,69?,70?,71?,72?,73?,74?,75?,76?,77?,78?,79?,80?,83?,84?/m1/s1. The van der Waals surface area contributed by atoms with E-state index in [9.17, 15) is 202 Å². The third-order valence-corrected chi connectivity index (χ3v) is 27.7. The fraction of sp³-hybridized carbons (Fsp3) is 0.917. The van der Waals surface area contributed by atoms with Crippen LogP contribution in [0.15, 0.2) is 0 Å². The molecule has 0 aliphatic carbocycles. The van der Waals surface area contributed by atoms with Crippen LogP contribution in [-0.4, -0.2) is 626 Å². The van der Waals surface area contributed by atoms with Crippen LogP contribution in [0.3, 0.4) is 0 Å². The molecule has 53 unspecified atom stereocenters. The van der Waals surface area contributed by atoms with Gasteiger partial charge in [0.05, 0.1) is 97.1 Å². The fourth-order valence-corrected chi connectivity index (χ4v) is 19.2. The summed E-state index contributed by atoms with van der Waals surface area (Å²) in [4.78, 5) is 89.9. The van der Waals surface area contributed by atoms with Crippen molar-refractivity contribution in [2.45, 2.75) is 391 Å². The molecule has 0 aromatic heterocycles. The minimum absolute atomic E-state index is 0.848. The van der Waals surface area contributed by atoms with Gasteiger partial charge >= 0.3 is 17.9 Å². The Labute approximate surface area is 848 Å². The molecule has 0 aromatic carbocycles. The smallest absolute Gasteiger partial charge is 0.364 e. The minimum atomic E-state index is -2.98. The molecular weight excluding hydrogens is 2060 g/mol. The second-order valence-electron chi connectivity index (χ2n) is 38.1. The van der Waals surface area contributed by atoms with E-state index in [0.717, 1.165) is 27.7 Å². The predicted octanol–water partition coefficient (Wildman–Crippen LogP) is -23.3. The first-order valence-corrected chi connectivity index (χ1v) is 47.6. The van der Waals surface area contributed by atoms with E-state index in [1.54, 1.807) is 0 Å². The maximum atomic E-state index is 13.3. The highest BCUT2D eigenvalue weighted by Gasteiger charge is 2.65. The predicted molar refractivity (Wildman–Crippen MR) is 461 cm³/mol. The summed E-state index contributed by atoms with van der Waals surface area (Å²) in [6.45, 7) is -8.38. The fourth-order valence-electron chi connectivity index (χ4n) is 19.2. The lowest BCUT2D eigenvalue weighted by molar-refractivity contribution is -0.399. The van der Waals surface area contributed by atoms with Gasteiger partial charge in [-0.3, -0.25) is 19.2 Å². The molecule has 866 valence electrons. The van der Waals surface area contributed by atoms with Gasteiger partial charge in [-0.2, -0.15) is 0 Å². The van der Waals surface area contributed by atoms with E-state index >= 15 is 0 Å². The lowest BCUT2D eigenvalue weighted by atomic mass is 9.84. The van der Waals surface area contributed by atoms with Gasteiger partial charge in [0.2, 0.25) is 23.6 Å². The van der Waals surface area contributed by atoms with Gasteiger partial charge in [-0.25, -0.2) is 14.4 Å². The Balaban J connectivity index is 0.895. The average Bonchev–Trinajstić information content (AvgIpc) is 0.750. The highest BCUT2D eigenvalue weighted by Crippen LogP contribution is 2.45. The molecule has 4 amide bonds. The summed E-state index contributed by atoms with van der Waals surface area (Å²) in [7, 11) is 0. The number of amides is 4. The Kier molecular flexibility index (Phi) is 44.5. The molecule has 57 atom stereocenters. The number of carboxylic acid groups (broad SMARTS) is 3. The SMILES string of the molecule is CC(=O)NC1C(OC2C(OCC3OC(OC4C(CO)OC(OC5C(CO)OC(OCC(=O)O)C(NC(C)=O)C5O)C(NC(C)=O)C4O)C(O)C(OC4OC(CO)C(O)C(O)C4OC4OC(CO)C(OC5OC(COC6(C(=O)O)CC(O)C(C)C([C@H](O)[C@H](O)CO)O6)C(O)C(O)C5O)C(O)C4NC(C)=O)C3O)OC(CO)C(O)C2O)OC(CO)C(OC2OC(COC3(C(=O)O)CC(O)C(C)C([C@H](O)[C@H](O)CO)O3)C(O)C(O)C2O)C1O. The molecule has 0 spiro atoms. The summed E-state index contributed by atoms with van der Waals surface area (Å²) in [6.07, 6.45) is -110. The highest BCUT2D eigenvalue weighted by molar-refractivity contribution is 5.77. The van der Waals surface area contributed by atoms with Crippen LogP contribution in [0, 0.1) is 11.8 Å². The van der Waals surface area contributed by atoms with Crippen LogP contribution in [0.25, 0.3) is 0 Å². The number of aliphatic hydroxyl groups is 30. The summed E-state index contributed by atoms with van der Waals surface area (Å²) in [6, 6.07) is -8.07. The summed E-state index contributed by atoms with van der Waals surface area (Å²) in [5.74, 6) is -17.8. The topological polar surface area (TPSA) is 1040 Å². The van der Waals surface area contributed by atoms with E-state index in [1.165, 1.54) is 13.8 Å². The third kappa shape index (κ3) is 27.7. The molecular formula is C84H138N4O62. The van der Waals surface area contributed by atoms with Crippen LogP contribution in [0.2, 0.25) is 0 Å². The van der Waals surface area contributed by atoms with Gasteiger partial charge < -0.3 is 294 Å². The molecule has 66 heteroatoms. The summed E-state index contributed by atoms with van der Waals surface area (Å²) in [5.41, 5.74) is 0. The quantitative estimate of drug-likeness (QED) is 0.0269. The number of carbonyl (C=O) groups is 7. The number of carboxylic acids is 3. The largest absolute Gasteiger partial charge is 0.480 e. The minimum Gasteiger partial charge on any atom is -0.480 e. The number of nitrogens with one attached hydrogen (secondary N) is 4. The van der Waals surface area contributed by atoms with Crippen molar-refractivity contribution in [3.63, 3.8) is 0 Å². The van der Waals surface area contributed by atoms with Gasteiger partial charge in [0.15, 0.2) is 56.6 Å². The number of carbonyl (C=O) groups excluding carboxylic acids is 4. The van der Waals surface area contributed by atoms with Crippen LogP contribution < -0.4 is 21.3 Å². The Morgan fingerprint density at radius 1 is 0.293 bits per heavy atom. The summed E-state index contributed by atoms with van der Waals surface area (Å²) in [5, 5.41) is 379. The molecule has 66 nitrogen and oxygen atoms in total. The number of hydrogen-bond acceptors (Lipinski definition) is 59. The van der Waals surface area contributed by atoms with Gasteiger partial charge in [0.25, 0.3) is 11.6 Å². The first-order chi connectivity index (χ1) is 70.6. The molecule has 0 saturated carbocycles. The number of rotatable bonds is 44.